The van der Waals surface area contributed by atoms with Crippen molar-refractivity contribution >= 4 is 55.8 Å². The van der Waals surface area contributed by atoms with Crippen LogP contribution in [0.1, 0.15) is 57.8 Å². The fraction of sp³-hybridized carbons (Fsp3) is 0.850. The predicted molar refractivity (Wildman–Crippen MR) is 129 cm³/mol. The fourth-order valence-corrected chi connectivity index (χ4v) is 7.15. The van der Waals surface area contributed by atoms with Crippen LogP contribution in [-0.4, -0.2) is 84.1 Å². The van der Waals surface area contributed by atoms with Gasteiger partial charge in [-0.05, 0) is 38.5 Å². The van der Waals surface area contributed by atoms with Crippen molar-refractivity contribution in [2.45, 2.75) is 73.5 Å². The van der Waals surface area contributed by atoms with Crippen molar-refractivity contribution in [1.82, 2.24) is 0 Å². The van der Waals surface area contributed by atoms with E-state index in [1.54, 1.807) is 0 Å². The van der Waals surface area contributed by atoms with Crippen molar-refractivity contribution in [1.29, 1.82) is 0 Å². The summed E-state index contributed by atoms with van der Waals surface area (Å²) < 4.78 is 0. The molecule has 9 nitrogen and oxygen atoms in total. The summed E-state index contributed by atoms with van der Waals surface area (Å²) in [4.78, 5) is 33.0. The lowest BCUT2D eigenvalue weighted by molar-refractivity contribution is -0.138. The first-order valence-electron chi connectivity index (χ1n) is 10.5. The van der Waals surface area contributed by atoms with Gasteiger partial charge in [0.2, 0.25) is 0 Å². The van der Waals surface area contributed by atoms with Gasteiger partial charge in [-0.15, -0.1) is 0 Å². The molecule has 188 valence electrons. The number of carboxylic acids is 3. The van der Waals surface area contributed by atoms with Crippen molar-refractivity contribution in [3.63, 3.8) is 0 Å². The van der Waals surface area contributed by atoms with E-state index in [9.17, 15) is 29.7 Å². The lowest BCUT2D eigenvalue weighted by atomic mass is 9.56. The van der Waals surface area contributed by atoms with E-state index >= 15 is 0 Å². The normalized spacial score (nSPS) is 16.7. The minimum Gasteiger partial charge on any atom is -0.481 e. The smallest absolute Gasteiger partial charge is 0.303 e. The van der Waals surface area contributed by atoms with Gasteiger partial charge in [0.15, 0.2) is 0 Å². The molecule has 0 aromatic carbocycles. The number of hydrogen-bond acceptors (Lipinski definition) is 9. The average Bonchev–Trinajstić information content (AvgIpc) is 2.70. The van der Waals surface area contributed by atoms with Gasteiger partial charge in [-0.3, -0.25) is 14.4 Å². The van der Waals surface area contributed by atoms with Crippen LogP contribution in [0.2, 0.25) is 0 Å². The average molecular weight is 517 g/mol. The first-order valence-corrected chi connectivity index (χ1v) is 12.0. The highest BCUT2D eigenvalue weighted by Crippen LogP contribution is 2.56. The second-order valence-corrected chi connectivity index (χ2v) is 9.96. The van der Waals surface area contributed by atoms with E-state index in [1.807, 2.05) is 0 Å². The summed E-state index contributed by atoms with van der Waals surface area (Å²) in [7, 11) is 0. The Balaban J connectivity index is 6.34. The zero-order chi connectivity index (χ0) is 24.9. The summed E-state index contributed by atoms with van der Waals surface area (Å²) in [6.45, 7) is -1.95. The molecule has 0 saturated carbocycles. The molecule has 0 rings (SSSR count). The molecule has 0 saturated heterocycles. The van der Waals surface area contributed by atoms with Crippen molar-refractivity contribution in [2.24, 2.45) is 10.8 Å². The molecule has 32 heavy (non-hydrogen) atoms. The first kappa shape index (κ1) is 31.3. The standard InChI is InChI=1S/C20H36O9S3/c21-10-19(11-22,12-23)20(13(30)4-1-7-16(24)25,14(31)5-2-8-17(26)27)15(32)6-3-9-18(28)29/h13-15,21-23,30-32H,1-12H2,(H,24,25)(H,26,27)(H,28,29). The summed E-state index contributed by atoms with van der Waals surface area (Å²) in [5, 5.41) is 55.8. The molecular formula is C20H36O9S3. The minimum atomic E-state index is -1.53. The Morgan fingerprint density at radius 2 is 0.844 bits per heavy atom. The van der Waals surface area contributed by atoms with Crippen LogP contribution in [0.5, 0.6) is 0 Å². The van der Waals surface area contributed by atoms with Gasteiger partial charge in [0.25, 0.3) is 0 Å². The van der Waals surface area contributed by atoms with Gasteiger partial charge in [0.05, 0.1) is 19.8 Å². The summed E-state index contributed by atoms with van der Waals surface area (Å²) in [5.41, 5.74) is -2.82. The molecule has 0 aliphatic rings. The van der Waals surface area contributed by atoms with E-state index in [-0.39, 0.29) is 57.8 Å². The summed E-state index contributed by atoms with van der Waals surface area (Å²) in [6.07, 6.45) is 1.01. The molecule has 0 aromatic heterocycles. The zero-order valence-electron chi connectivity index (χ0n) is 18.0. The Hall–Kier alpha value is -0.660. The molecule has 6 N–H and O–H groups in total. The number of carbonyl (C=O) groups is 3. The molecular weight excluding hydrogens is 480 g/mol. The van der Waals surface area contributed by atoms with E-state index in [0.717, 1.165) is 0 Å². The van der Waals surface area contributed by atoms with Gasteiger partial charge in [-0.25, -0.2) is 0 Å². The van der Waals surface area contributed by atoms with Crippen LogP contribution in [-0.2, 0) is 14.4 Å². The summed E-state index contributed by atoms with van der Waals surface area (Å²) in [5.74, 6) is -3.00. The van der Waals surface area contributed by atoms with Crippen LogP contribution < -0.4 is 0 Å². The molecule has 0 fully saturated rings. The third-order valence-corrected chi connectivity index (χ3v) is 8.14. The second-order valence-electron chi connectivity index (χ2n) is 8.09. The Labute approximate surface area is 204 Å². The van der Waals surface area contributed by atoms with E-state index in [0.29, 0.717) is 0 Å². The number of aliphatic carboxylic acids is 3. The highest BCUT2D eigenvalue weighted by molar-refractivity contribution is 7.83. The SMILES string of the molecule is O=C(O)CCCC(S)C(C(S)CCCC(=O)O)(C(S)CCCC(=O)O)C(CO)(CO)CO. The van der Waals surface area contributed by atoms with Gasteiger partial charge in [0, 0.05) is 45.8 Å². The Morgan fingerprint density at radius 3 is 1.03 bits per heavy atom. The number of thiol groups is 3. The molecule has 0 heterocycles. The first-order chi connectivity index (χ1) is 14.9. The molecule has 0 bridgehead atoms. The largest absolute Gasteiger partial charge is 0.481 e. The van der Waals surface area contributed by atoms with Gasteiger partial charge < -0.3 is 30.6 Å². The molecule has 0 aromatic rings. The van der Waals surface area contributed by atoms with Gasteiger partial charge in [-0.2, -0.15) is 37.9 Å². The van der Waals surface area contributed by atoms with Crippen LogP contribution >= 0.6 is 37.9 Å². The van der Waals surface area contributed by atoms with Crippen LogP contribution in [0.15, 0.2) is 0 Å². The van der Waals surface area contributed by atoms with E-state index < -0.39 is 64.3 Å². The lowest BCUT2D eigenvalue weighted by Crippen LogP contribution is -2.64. The van der Waals surface area contributed by atoms with E-state index in [2.05, 4.69) is 0 Å². The topological polar surface area (TPSA) is 173 Å². The Kier molecular flexibility index (Phi) is 15.0. The van der Waals surface area contributed by atoms with Crippen molar-refractivity contribution in [3.8, 4) is 0 Å². The van der Waals surface area contributed by atoms with Crippen LogP contribution in [0, 0.1) is 10.8 Å². The molecule has 0 aliphatic heterocycles. The molecule has 3 atom stereocenters. The van der Waals surface area contributed by atoms with Crippen molar-refractivity contribution in [2.75, 3.05) is 19.8 Å². The van der Waals surface area contributed by atoms with Crippen LogP contribution in [0.3, 0.4) is 0 Å². The van der Waals surface area contributed by atoms with Crippen LogP contribution in [0.4, 0.5) is 0 Å². The lowest BCUT2D eigenvalue weighted by Gasteiger charge is -2.57. The number of rotatable bonds is 19. The van der Waals surface area contributed by atoms with E-state index in [4.69, 9.17) is 53.2 Å². The molecule has 3 unspecified atom stereocenters. The minimum absolute atomic E-state index is 0.135. The highest BCUT2D eigenvalue weighted by Gasteiger charge is 2.60. The van der Waals surface area contributed by atoms with Crippen molar-refractivity contribution < 1.29 is 45.0 Å². The predicted octanol–water partition coefficient (Wildman–Crippen LogP) is 1.60. The third-order valence-electron chi connectivity index (χ3n) is 6.09. The molecule has 0 amide bonds. The maximum atomic E-state index is 11.0. The molecule has 0 spiro atoms. The zero-order valence-corrected chi connectivity index (χ0v) is 20.7. The second kappa shape index (κ2) is 15.3. The Bertz CT molecular complexity index is 526. The highest BCUT2D eigenvalue weighted by atomic mass is 32.1. The monoisotopic (exact) mass is 516 g/mol. The number of hydrogen-bond donors (Lipinski definition) is 9. The number of aliphatic hydroxyl groups is 3. The maximum absolute atomic E-state index is 11.0. The third kappa shape index (κ3) is 8.28. The summed E-state index contributed by atoms with van der Waals surface area (Å²) in [6, 6.07) is 0. The molecule has 12 heteroatoms. The molecule has 0 radical (unpaired) electrons. The molecule has 0 aliphatic carbocycles. The Morgan fingerprint density at radius 1 is 0.594 bits per heavy atom. The number of carboxylic acid groups (broad SMARTS) is 3. The van der Waals surface area contributed by atoms with E-state index in [1.165, 1.54) is 0 Å². The fourth-order valence-electron chi connectivity index (χ4n) is 4.34. The summed E-state index contributed by atoms with van der Waals surface area (Å²) >= 11 is 14.1. The maximum Gasteiger partial charge on any atom is 0.303 e. The van der Waals surface area contributed by atoms with Crippen molar-refractivity contribution in [3.05, 3.63) is 0 Å². The quantitative estimate of drug-likeness (QED) is 0.116. The van der Waals surface area contributed by atoms with Gasteiger partial charge >= 0.3 is 17.9 Å². The van der Waals surface area contributed by atoms with Gasteiger partial charge in [0.1, 0.15) is 0 Å². The van der Waals surface area contributed by atoms with Crippen LogP contribution in [0.25, 0.3) is 0 Å². The number of aliphatic hydroxyl groups excluding tert-OH is 3. The van der Waals surface area contributed by atoms with Gasteiger partial charge in [-0.1, -0.05) is 0 Å².